The second-order valence-corrected chi connectivity index (χ2v) is 6.34. The van der Waals surface area contributed by atoms with Crippen molar-refractivity contribution in [3.05, 3.63) is 34.8 Å². The highest BCUT2D eigenvalue weighted by atomic mass is 35.5. The predicted molar refractivity (Wildman–Crippen MR) is 97.9 cm³/mol. The Labute approximate surface area is 152 Å². The van der Waals surface area contributed by atoms with Gasteiger partial charge in [-0.1, -0.05) is 0 Å². The molecule has 2 N–H and O–H groups in total. The molecule has 0 unspecified atom stereocenters. The molecule has 1 aliphatic rings. The Bertz CT molecular complexity index is 946. The number of nitrogens with one attached hydrogen (secondary N) is 2. The minimum absolute atomic E-state index is 0. The Morgan fingerprint density at radius 3 is 2.64 bits per heavy atom. The van der Waals surface area contributed by atoms with E-state index in [4.69, 9.17) is 9.40 Å². The number of pyridine rings is 1. The number of piperidine rings is 1. The fraction of sp³-hybridized carbons (Fsp3) is 0.389. The van der Waals surface area contributed by atoms with Crippen molar-refractivity contribution in [2.24, 2.45) is 0 Å². The van der Waals surface area contributed by atoms with Crippen molar-refractivity contribution in [1.82, 2.24) is 20.5 Å². The zero-order chi connectivity index (χ0) is 16.7. The molecule has 0 atom stereocenters. The molecule has 0 aromatic carbocycles. The van der Waals surface area contributed by atoms with E-state index in [-0.39, 0.29) is 18.3 Å². The van der Waals surface area contributed by atoms with E-state index in [9.17, 15) is 5.26 Å². The number of hydrogen-bond acceptors (Lipinski definition) is 5. The van der Waals surface area contributed by atoms with E-state index in [1.54, 1.807) is 0 Å². The standard InChI is InChI=1S/C18H19N5O.ClH/c1-10-3-4-14(24-10)16-13(9-19)17(12-5-7-20-8-6-12)21-18-15(16)11(2)22-23-18;/h3-4,12,20H,5-8H2,1-2H3,(H,21,22,23);1H. The fourth-order valence-electron chi connectivity index (χ4n) is 3.54. The van der Waals surface area contributed by atoms with E-state index in [1.807, 2.05) is 26.0 Å². The van der Waals surface area contributed by atoms with Gasteiger partial charge >= 0.3 is 0 Å². The van der Waals surface area contributed by atoms with Gasteiger partial charge in [-0.25, -0.2) is 4.98 Å². The third-order valence-electron chi connectivity index (χ3n) is 4.74. The third-order valence-corrected chi connectivity index (χ3v) is 4.74. The summed E-state index contributed by atoms with van der Waals surface area (Å²) < 4.78 is 5.85. The summed E-state index contributed by atoms with van der Waals surface area (Å²) in [6, 6.07) is 6.23. The Morgan fingerprint density at radius 2 is 2.00 bits per heavy atom. The molecule has 0 amide bonds. The van der Waals surface area contributed by atoms with Crippen molar-refractivity contribution in [3.8, 4) is 17.4 Å². The monoisotopic (exact) mass is 357 g/mol. The highest BCUT2D eigenvalue weighted by Crippen LogP contribution is 2.38. The Kier molecular flexibility index (Phi) is 4.80. The molecular formula is C18H20ClN5O. The van der Waals surface area contributed by atoms with E-state index < -0.39 is 0 Å². The molecule has 0 aliphatic carbocycles. The summed E-state index contributed by atoms with van der Waals surface area (Å²) in [5.74, 6) is 1.80. The van der Waals surface area contributed by atoms with Gasteiger partial charge in [0.25, 0.3) is 0 Å². The SMILES string of the molecule is Cc1ccc(-c2c(C#N)c(C3CCNCC3)nc3n[nH]c(C)c23)o1.Cl. The van der Waals surface area contributed by atoms with Gasteiger partial charge < -0.3 is 9.73 Å². The lowest BCUT2D eigenvalue weighted by Gasteiger charge is -2.23. The topological polar surface area (TPSA) is 90.5 Å². The summed E-state index contributed by atoms with van der Waals surface area (Å²) in [5.41, 5.74) is 3.84. The van der Waals surface area contributed by atoms with Crippen molar-refractivity contribution in [1.29, 1.82) is 5.26 Å². The van der Waals surface area contributed by atoms with Gasteiger partial charge in [0, 0.05) is 17.2 Å². The summed E-state index contributed by atoms with van der Waals surface area (Å²) in [7, 11) is 0. The van der Waals surface area contributed by atoms with E-state index in [1.165, 1.54) is 0 Å². The quantitative estimate of drug-likeness (QED) is 0.731. The van der Waals surface area contributed by atoms with Crippen LogP contribution in [0, 0.1) is 25.2 Å². The summed E-state index contributed by atoms with van der Waals surface area (Å²) in [6.07, 6.45) is 1.96. The number of furan rings is 1. The lowest BCUT2D eigenvalue weighted by Crippen LogP contribution is -2.27. The Morgan fingerprint density at radius 1 is 1.24 bits per heavy atom. The van der Waals surface area contributed by atoms with Crippen LogP contribution in [-0.4, -0.2) is 28.3 Å². The van der Waals surface area contributed by atoms with Crippen LogP contribution in [-0.2, 0) is 0 Å². The molecule has 25 heavy (non-hydrogen) atoms. The smallest absolute Gasteiger partial charge is 0.182 e. The van der Waals surface area contributed by atoms with Gasteiger partial charge in [-0.3, -0.25) is 5.10 Å². The van der Waals surface area contributed by atoms with Crippen molar-refractivity contribution < 1.29 is 4.42 Å². The van der Waals surface area contributed by atoms with Crippen molar-refractivity contribution in [2.45, 2.75) is 32.6 Å². The third kappa shape index (κ3) is 2.90. The van der Waals surface area contributed by atoms with Gasteiger partial charge in [-0.15, -0.1) is 12.4 Å². The number of nitriles is 1. The molecule has 6 nitrogen and oxygen atoms in total. The number of aryl methyl sites for hydroxylation is 2. The zero-order valence-corrected chi connectivity index (χ0v) is 15.0. The van der Waals surface area contributed by atoms with Crippen LogP contribution in [0.4, 0.5) is 0 Å². The second-order valence-electron chi connectivity index (χ2n) is 6.34. The highest BCUT2D eigenvalue weighted by molar-refractivity contribution is 5.96. The van der Waals surface area contributed by atoms with Crippen molar-refractivity contribution >= 4 is 23.4 Å². The number of rotatable bonds is 2. The lowest BCUT2D eigenvalue weighted by atomic mass is 9.88. The minimum Gasteiger partial charge on any atom is -0.461 e. The van der Waals surface area contributed by atoms with Crippen LogP contribution < -0.4 is 5.32 Å². The Balaban J connectivity index is 0.00000182. The molecule has 7 heteroatoms. The maximum Gasteiger partial charge on any atom is 0.182 e. The zero-order valence-electron chi connectivity index (χ0n) is 14.2. The summed E-state index contributed by atoms with van der Waals surface area (Å²) in [4.78, 5) is 4.75. The molecule has 0 radical (unpaired) electrons. The fourth-order valence-corrected chi connectivity index (χ4v) is 3.54. The maximum atomic E-state index is 9.91. The average Bonchev–Trinajstić information content (AvgIpc) is 3.20. The van der Waals surface area contributed by atoms with Gasteiger partial charge in [0.1, 0.15) is 17.6 Å². The van der Waals surface area contributed by atoms with Crippen LogP contribution in [0.5, 0.6) is 0 Å². The molecule has 1 fully saturated rings. The number of fused-ring (bicyclic) bond motifs is 1. The summed E-state index contributed by atoms with van der Waals surface area (Å²) >= 11 is 0. The molecule has 1 aliphatic heterocycles. The van der Waals surface area contributed by atoms with Crippen LogP contribution >= 0.6 is 12.4 Å². The predicted octanol–water partition coefficient (Wildman–Crippen LogP) is 3.60. The number of hydrogen-bond donors (Lipinski definition) is 2. The van der Waals surface area contributed by atoms with Crippen molar-refractivity contribution in [2.75, 3.05) is 13.1 Å². The molecule has 3 aromatic rings. The van der Waals surface area contributed by atoms with E-state index >= 15 is 0 Å². The van der Waals surface area contributed by atoms with Crippen LogP contribution in [0.1, 0.15) is 41.5 Å². The van der Waals surface area contributed by atoms with E-state index in [0.717, 1.165) is 54.0 Å². The molecular weight excluding hydrogens is 338 g/mol. The summed E-state index contributed by atoms with van der Waals surface area (Å²) in [5, 5.41) is 21.5. The maximum absolute atomic E-state index is 9.91. The van der Waals surface area contributed by atoms with Gasteiger partial charge in [-0.05, 0) is 51.9 Å². The largest absolute Gasteiger partial charge is 0.461 e. The van der Waals surface area contributed by atoms with E-state index in [0.29, 0.717) is 17.0 Å². The molecule has 130 valence electrons. The van der Waals surface area contributed by atoms with Gasteiger partial charge in [0.15, 0.2) is 5.65 Å². The minimum atomic E-state index is 0. The first-order valence-electron chi connectivity index (χ1n) is 8.25. The molecule has 1 saturated heterocycles. The van der Waals surface area contributed by atoms with E-state index in [2.05, 4.69) is 21.6 Å². The second kappa shape index (κ2) is 6.87. The highest BCUT2D eigenvalue weighted by Gasteiger charge is 2.27. The van der Waals surface area contributed by atoms with Crippen LogP contribution in [0.25, 0.3) is 22.4 Å². The molecule has 0 saturated carbocycles. The normalized spacial score (nSPS) is 15.1. The Hall–Kier alpha value is -2.36. The van der Waals surface area contributed by atoms with Gasteiger partial charge in [-0.2, -0.15) is 10.4 Å². The average molecular weight is 358 g/mol. The lowest BCUT2D eigenvalue weighted by molar-refractivity contribution is 0.453. The molecule has 0 spiro atoms. The number of nitrogens with zero attached hydrogens (tertiary/aromatic N) is 3. The number of H-pyrrole nitrogens is 1. The van der Waals surface area contributed by atoms with Crippen molar-refractivity contribution in [3.63, 3.8) is 0 Å². The van der Waals surface area contributed by atoms with Gasteiger partial charge in [0.2, 0.25) is 0 Å². The molecule has 0 bridgehead atoms. The van der Waals surface area contributed by atoms with Gasteiger partial charge in [0.05, 0.1) is 16.6 Å². The number of aromatic nitrogens is 3. The first-order valence-corrected chi connectivity index (χ1v) is 8.25. The van der Waals surface area contributed by atoms with Crippen LogP contribution in [0.2, 0.25) is 0 Å². The molecule has 4 heterocycles. The summed E-state index contributed by atoms with van der Waals surface area (Å²) in [6.45, 7) is 5.75. The van der Waals surface area contributed by atoms with Crippen LogP contribution in [0.15, 0.2) is 16.5 Å². The van der Waals surface area contributed by atoms with Crippen LogP contribution in [0.3, 0.4) is 0 Å². The number of aromatic amines is 1. The molecule has 3 aromatic heterocycles. The first-order chi connectivity index (χ1) is 11.7. The number of halogens is 1. The first kappa shape index (κ1) is 17.5. The molecule has 4 rings (SSSR count).